The number of benzene rings is 1. The maximum atomic E-state index is 11.6. The third kappa shape index (κ3) is 3.71. The van der Waals surface area contributed by atoms with Crippen LogP contribution in [0.25, 0.3) is 0 Å². The van der Waals surface area contributed by atoms with Crippen molar-refractivity contribution in [3.8, 4) is 5.75 Å². The van der Waals surface area contributed by atoms with Crippen LogP contribution < -0.4 is 10.1 Å². The summed E-state index contributed by atoms with van der Waals surface area (Å²) in [5, 5.41) is 11.0. The van der Waals surface area contributed by atoms with E-state index in [9.17, 15) is 4.79 Å². The average molecular weight is 289 g/mol. The van der Waals surface area contributed by atoms with Crippen LogP contribution in [0.2, 0.25) is 0 Å². The predicted octanol–water partition coefficient (Wildman–Crippen LogP) is 2.19. The molecule has 1 atom stereocenters. The molecule has 2 rings (SSSR count). The van der Waals surface area contributed by atoms with Crippen molar-refractivity contribution < 1.29 is 9.53 Å². The number of ether oxygens (including phenoxy) is 1. The van der Waals surface area contributed by atoms with E-state index in [0.717, 1.165) is 11.3 Å². The van der Waals surface area contributed by atoms with Crippen LogP contribution in [0.15, 0.2) is 47.1 Å². The fourth-order valence-electron chi connectivity index (χ4n) is 1.60. The second kappa shape index (κ2) is 6.91. The minimum absolute atomic E-state index is 0.0479. The number of carbonyl (C=O) groups excluding carboxylic acids is 1. The Morgan fingerprint density at radius 2 is 2.20 bits per heavy atom. The molecule has 1 fully saturated rings. The molecule has 0 bridgehead atoms. The van der Waals surface area contributed by atoms with Gasteiger partial charge in [0.05, 0.1) is 18.6 Å². The minimum atomic E-state index is -0.151. The molecule has 5 nitrogen and oxygen atoms in total. The second-order valence-electron chi connectivity index (χ2n) is 4.04. The highest BCUT2D eigenvalue weighted by atomic mass is 32.2. The molecular formula is C14H15N3O2S. The van der Waals surface area contributed by atoms with Crippen molar-refractivity contribution in [2.45, 2.75) is 11.7 Å². The summed E-state index contributed by atoms with van der Waals surface area (Å²) in [7, 11) is 1.62. The standard InChI is InChI=1S/C14H15N3O2S/c1-3-4-12-13(18)16-14(20-12)17-15-9-10-5-7-11(19-2)8-6-10/h3,5-9,12H,1,4H2,2H3,(H,16,17,18)/t12-/m0/s1. The lowest BCUT2D eigenvalue weighted by Crippen LogP contribution is -2.24. The van der Waals surface area contributed by atoms with Crippen molar-refractivity contribution in [2.24, 2.45) is 10.2 Å². The SMILES string of the molecule is C=CC[C@@H]1SC(=NN=Cc2ccc(OC)cc2)NC1=O. The molecule has 0 spiro atoms. The van der Waals surface area contributed by atoms with Gasteiger partial charge in [0.15, 0.2) is 5.17 Å². The van der Waals surface area contributed by atoms with Crippen LogP contribution in [0.3, 0.4) is 0 Å². The maximum Gasteiger partial charge on any atom is 0.239 e. The van der Waals surface area contributed by atoms with Gasteiger partial charge in [-0.15, -0.1) is 11.7 Å². The molecule has 1 heterocycles. The van der Waals surface area contributed by atoms with Gasteiger partial charge >= 0.3 is 0 Å². The van der Waals surface area contributed by atoms with Crippen LogP contribution in [0.4, 0.5) is 0 Å². The summed E-state index contributed by atoms with van der Waals surface area (Å²) in [6.07, 6.45) is 3.97. The Balaban J connectivity index is 1.96. The Morgan fingerprint density at radius 3 is 2.85 bits per heavy atom. The number of amidine groups is 1. The zero-order valence-electron chi connectivity index (χ0n) is 11.1. The van der Waals surface area contributed by atoms with E-state index >= 15 is 0 Å². The third-order valence-corrected chi connectivity index (χ3v) is 3.73. The highest BCUT2D eigenvalue weighted by Gasteiger charge is 2.28. The minimum Gasteiger partial charge on any atom is -0.497 e. The van der Waals surface area contributed by atoms with E-state index in [1.165, 1.54) is 11.8 Å². The molecule has 0 unspecified atom stereocenters. The first-order valence-electron chi connectivity index (χ1n) is 6.06. The normalized spacial score (nSPS) is 20.4. The highest BCUT2D eigenvalue weighted by Crippen LogP contribution is 2.22. The molecule has 1 aromatic carbocycles. The molecular weight excluding hydrogens is 274 g/mol. The molecule has 104 valence electrons. The van der Waals surface area contributed by atoms with Crippen LogP contribution in [0, 0.1) is 0 Å². The molecule has 1 aliphatic heterocycles. The summed E-state index contributed by atoms with van der Waals surface area (Å²) in [6.45, 7) is 3.63. The van der Waals surface area contributed by atoms with Gasteiger partial charge in [-0.05, 0) is 36.2 Å². The lowest BCUT2D eigenvalue weighted by molar-refractivity contribution is -0.118. The third-order valence-electron chi connectivity index (χ3n) is 2.63. The molecule has 0 aliphatic carbocycles. The maximum absolute atomic E-state index is 11.6. The smallest absolute Gasteiger partial charge is 0.239 e. The number of methoxy groups -OCH3 is 1. The molecule has 6 heteroatoms. The number of hydrogen-bond donors (Lipinski definition) is 1. The summed E-state index contributed by atoms with van der Waals surface area (Å²) in [4.78, 5) is 11.6. The van der Waals surface area contributed by atoms with Crippen LogP contribution in [-0.4, -0.2) is 29.6 Å². The summed E-state index contributed by atoms with van der Waals surface area (Å²) >= 11 is 1.37. The van der Waals surface area contributed by atoms with Gasteiger partial charge in [0.2, 0.25) is 5.91 Å². The number of thioether (sulfide) groups is 1. The van der Waals surface area contributed by atoms with Gasteiger partial charge in [-0.1, -0.05) is 17.8 Å². The van der Waals surface area contributed by atoms with Crippen LogP contribution in [0.5, 0.6) is 5.75 Å². The van der Waals surface area contributed by atoms with Gasteiger partial charge < -0.3 is 10.1 Å². The second-order valence-corrected chi connectivity index (χ2v) is 5.23. The number of amides is 1. The van der Waals surface area contributed by atoms with E-state index < -0.39 is 0 Å². The van der Waals surface area contributed by atoms with Crippen molar-refractivity contribution in [3.05, 3.63) is 42.5 Å². The van der Waals surface area contributed by atoms with Crippen LogP contribution >= 0.6 is 11.8 Å². The van der Waals surface area contributed by atoms with Gasteiger partial charge in [-0.25, -0.2) is 0 Å². The number of nitrogens with zero attached hydrogens (tertiary/aromatic N) is 2. The summed E-state index contributed by atoms with van der Waals surface area (Å²) in [6, 6.07) is 7.45. The molecule has 1 saturated heterocycles. The first kappa shape index (κ1) is 14.3. The predicted molar refractivity (Wildman–Crippen MR) is 82.4 cm³/mol. The van der Waals surface area contributed by atoms with Gasteiger partial charge in [0.1, 0.15) is 5.75 Å². The Kier molecular flexibility index (Phi) is 4.95. The Labute approximate surface area is 121 Å². The van der Waals surface area contributed by atoms with Crippen molar-refractivity contribution in [2.75, 3.05) is 7.11 Å². The Hall–Kier alpha value is -2.08. The van der Waals surface area contributed by atoms with Crippen molar-refractivity contribution in [3.63, 3.8) is 0 Å². The largest absolute Gasteiger partial charge is 0.497 e. The average Bonchev–Trinajstić information content (AvgIpc) is 2.80. The fourth-order valence-corrected chi connectivity index (χ4v) is 2.52. The van der Waals surface area contributed by atoms with Crippen molar-refractivity contribution >= 4 is 29.1 Å². The van der Waals surface area contributed by atoms with Gasteiger partial charge in [0, 0.05) is 0 Å². The lowest BCUT2D eigenvalue weighted by Gasteiger charge is -1.98. The topological polar surface area (TPSA) is 63.1 Å². The Morgan fingerprint density at radius 1 is 1.45 bits per heavy atom. The van der Waals surface area contributed by atoms with Crippen molar-refractivity contribution in [1.82, 2.24) is 5.32 Å². The van der Waals surface area contributed by atoms with E-state index in [1.54, 1.807) is 19.4 Å². The number of nitrogens with one attached hydrogen (secondary N) is 1. The molecule has 0 radical (unpaired) electrons. The van der Waals surface area contributed by atoms with E-state index in [-0.39, 0.29) is 11.2 Å². The van der Waals surface area contributed by atoms with E-state index in [0.29, 0.717) is 11.6 Å². The molecule has 1 amide bonds. The van der Waals surface area contributed by atoms with E-state index in [2.05, 4.69) is 22.1 Å². The zero-order valence-corrected chi connectivity index (χ0v) is 11.9. The number of hydrogen-bond acceptors (Lipinski definition) is 5. The molecule has 0 aromatic heterocycles. The van der Waals surface area contributed by atoms with E-state index in [1.807, 2.05) is 24.3 Å². The summed E-state index contributed by atoms with van der Waals surface area (Å²) in [5.74, 6) is 0.743. The first-order chi connectivity index (χ1) is 9.72. The van der Waals surface area contributed by atoms with Crippen LogP contribution in [0.1, 0.15) is 12.0 Å². The molecule has 1 aliphatic rings. The number of allylic oxidation sites excluding steroid dienone is 1. The molecule has 20 heavy (non-hydrogen) atoms. The molecule has 0 saturated carbocycles. The first-order valence-corrected chi connectivity index (χ1v) is 6.94. The van der Waals surface area contributed by atoms with Gasteiger partial charge in [0.25, 0.3) is 0 Å². The number of rotatable bonds is 5. The van der Waals surface area contributed by atoms with E-state index in [4.69, 9.17) is 4.74 Å². The van der Waals surface area contributed by atoms with Gasteiger partial charge in [-0.3, -0.25) is 4.79 Å². The highest BCUT2D eigenvalue weighted by molar-refractivity contribution is 8.15. The molecule has 1 aromatic rings. The summed E-state index contributed by atoms with van der Waals surface area (Å²) < 4.78 is 5.07. The van der Waals surface area contributed by atoms with Crippen molar-refractivity contribution in [1.29, 1.82) is 0 Å². The van der Waals surface area contributed by atoms with Crippen LogP contribution in [-0.2, 0) is 4.79 Å². The fraction of sp³-hybridized carbons (Fsp3) is 0.214. The summed E-state index contributed by atoms with van der Waals surface area (Å²) in [5.41, 5.74) is 0.909. The monoisotopic (exact) mass is 289 g/mol. The zero-order chi connectivity index (χ0) is 14.4. The van der Waals surface area contributed by atoms with Gasteiger partial charge in [-0.2, -0.15) is 5.10 Å². The molecule has 1 N–H and O–H groups in total. The number of carbonyl (C=O) groups is 1. The Bertz CT molecular complexity index is 552. The lowest BCUT2D eigenvalue weighted by atomic mass is 10.2. The quantitative estimate of drug-likeness (QED) is 0.513.